The zero-order chi connectivity index (χ0) is 14.0. The molecule has 0 bridgehead atoms. The van der Waals surface area contributed by atoms with Gasteiger partial charge in [-0.3, -0.25) is 0 Å². The highest BCUT2D eigenvalue weighted by atomic mass is 79.9. The molecule has 1 aliphatic rings. The third-order valence-corrected chi connectivity index (χ3v) is 3.08. The van der Waals surface area contributed by atoms with E-state index in [1.54, 1.807) is 33.3 Å². The van der Waals surface area contributed by atoms with Crippen LogP contribution in [0.5, 0.6) is 11.5 Å². The van der Waals surface area contributed by atoms with Gasteiger partial charge in [-0.15, -0.1) is 0 Å². The summed E-state index contributed by atoms with van der Waals surface area (Å²) in [5.74, 6) is 1.05. The van der Waals surface area contributed by atoms with Gasteiger partial charge < -0.3 is 14.2 Å². The van der Waals surface area contributed by atoms with Gasteiger partial charge in [0.05, 0.1) is 18.7 Å². The number of carbonyl (C=O) groups is 1. The number of carbonyl (C=O) groups excluding carboxylic acids is 1. The summed E-state index contributed by atoms with van der Waals surface area (Å²) < 4.78 is 16.0. The highest BCUT2D eigenvalue weighted by Crippen LogP contribution is 2.37. The summed E-state index contributed by atoms with van der Waals surface area (Å²) >= 11 is 3.39. The molecule has 1 heterocycles. The van der Waals surface area contributed by atoms with Crippen molar-refractivity contribution in [2.24, 2.45) is 4.99 Å². The molecule has 0 saturated heterocycles. The van der Waals surface area contributed by atoms with Crippen LogP contribution in [-0.2, 0) is 9.53 Å². The molecule has 0 radical (unpaired) electrons. The van der Waals surface area contributed by atoms with Gasteiger partial charge in [-0.1, -0.05) is 0 Å². The van der Waals surface area contributed by atoms with Gasteiger partial charge in [0.15, 0.2) is 23.1 Å². The molecule has 0 unspecified atom stereocenters. The van der Waals surface area contributed by atoms with Crippen molar-refractivity contribution in [3.05, 3.63) is 27.9 Å². The molecule has 0 aromatic heterocycles. The third kappa shape index (κ3) is 2.78. The van der Waals surface area contributed by atoms with Gasteiger partial charge in [-0.25, -0.2) is 9.79 Å². The molecule has 5 nitrogen and oxygen atoms in total. The predicted molar refractivity (Wildman–Crippen MR) is 74.4 cm³/mol. The van der Waals surface area contributed by atoms with Crippen LogP contribution in [0.1, 0.15) is 12.5 Å². The predicted octanol–water partition coefficient (Wildman–Crippen LogP) is 2.78. The van der Waals surface area contributed by atoms with Gasteiger partial charge in [0.2, 0.25) is 0 Å². The Morgan fingerprint density at radius 2 is 2.05 bits per heavy atom. The smallest absolute Gasteiger partial charge is 0.363 e. The molecule has 6 heteroatoms. The Morgan fingerprint density at radius 1 is 1.32 bits per heavy atom. The Labute approximate surface area is 119 Å². The van der Waals surface area contributed by atoms with E-state index in [2.05, 4.69) is 20.9 Å². The van der Waals surface area contributed by atoms with Crippen molar-refractivity contribution in [3.8, 4) is 11.5 Å². The van der Waals surface area contributed by atoms with Crippen molar-refractivity contribution in [1.82, 2.24) is 0 Å². The molecule has 1 aliphatic heterocycles. The monoisotopic (exact) mass is 325 g/mol. The SMILES string of the molecule is COc1cc(/C=C2/N=C(C)OC2=O)cc(Br)c1OC. The Hall–Kier alpha value is -1.82. The molecule has 19 heavy (non-hydrogen) atoms. The minimum atomic E-state index is -0.455. The molecule has 0 atom stereocenters. The number of methoxy groups -OCH3 is 2. The van der Waals surface area contributed by atoms with E-state index in [1.165, 1.54) is 0 Å². The van der Waals surface area contributed by atoms with E-state index in [1.807, 2.05) is 6.07 Å². The number of ether oxygens (including phenoxy) is 3. The maximum atomic E-state index is 11.5. The number of esters is 1. The Morgan fingerprint density at radius 3 is 2.58 bits per heavy atom. The van der Waals surface area contributed by atoms with Gasteiger partial charge >= 0.3 is 5.97 Å². The van der Waals surface area contributed by atoms with E-state index < -0.39 is 5.97 Å². The second-order valence-electron chi connectivity index (χ2n) is 3.79. The number of cyclic esters (lactones) is 1. The van der Waals surface area contributed by atoms with Crippen LogP contribution >= 0.6 is 15.9 Å². The average molecular weight is 326 g/mol. The van der Waals surface area contributed by atoms with E-state index >= 15 is 0 Å². The van der Waals surface area contributed by atoms with Crippen LogP contribution in [-0.4, -0.2) is 26.1 Å². The summed E-state index contributed by atoms with van der Waals surface area (Å²) in [5.41, 5.74) is 1.02. The van der Waals surface area contributed by atoms with Crippen molar-refractivity contribution in [2.45, 2.75) is 6.92 Å². The number of hydrogen-bond acceptors (Lipinski definition) is 5. The van der Waals surface area contributed by atoms with Crippen LogP contribution in [0.4, 0.5) is 0 Å². The average Bonchev–Trinajstić information content (AvgIpc) is 2.67. The first kappa shape index (κ1) is 13.6. The number of hydrogen-bond donors (Lipinski definition) is 0. The van der Waals surface area contributed by atoms with Crippen molar-refractivity contribution >= 4 is 33.9 Å². The van der Waals surface area contributed by atoms with Gasteiger partial charge in [0, 0.05) is 6.92 Å². The summed E-state index contributed by atoms with van der Waals surface area (Å²) in [7, 11) is 3.11. The van der Waals surface area contributed by atoms with Crippen molar-refractivity contribution < 1.29 is 19.0 Å². The minimum Gasteiger partial charge on any atom is -0.493 e. The van der Waals surface area contributed by atoms with Crippen LogP contribution in [0.3, 0.4) is 0 Å². The normalized spacial score (nSPS) is 16.3. The van der Waals surface area contributed by atoms with Crippen molar-refractivity contribution in [3.63, 3.8) is 0 Å². The summed E-state index contributed by atoms with van der Waals surface area (Å²) in [4.78, 5) is 15.5. The van der Waals surface area contributed by atoms with Crippen molar-refractivity contribution in [2.75, 3.05) is 14.2 Å². The van der Waals surface area contributed by atoms with E-state index in [0.717, 1.165) is 10.0 Å². The minimum absolute atomic E-state index is 0.261. The second-order valence-corrected chi connectivity index (χ2v) is 4.64. The fourth-order valence-corrected chi connectivity index (χ4v) is 2.32. The molecule has 0 N–H and O–H groups in total. The fraction of sp³-hybridized carbons (Fsp3) is 0.231. The van der Waals surface area contributed by atoms with Crippen LogP contribution in [0.2, 0.25) is 0 Å². The first-order chi connectivity index (χ1) is 9.05. The van der Waals surface area contributed by atoms with E-state index in [0.29, 0.717) is 17.4 Å². The summed E-state index contributed by atoms with van der Waals surface area (Å²) in [6.07, 6.45) is 1.63. The third-order valence-electron chi connectivity index (χ3n) is 2.49. The summed E-state index contributed by atoms with van der Waals surface area (Å²) in [5, 5.41) is 0. The van der Waals surface area contributed by atoms with Crippen molar-refractivity contribution in [1.29, 1.82) is 0 Å². The topological polar surface area (TPSA) is 57.1 Å². The molecule has 1 aromatic rings. The molecular formula is C13H12BrNO4. The number of halogens is 1. The zero-order valence-corrected chi connectivity index (χ0v) is 12.3. The molecule has 0 spiro atoms. The van der Waals surface area contributed by atoms with Crippen LogP contribution in [0.25, 0.3) is 6.08 Å². The first-order valence-electron chi connectivity index (χ1n) is 5.46. The number of nitrogens with zero attached hydrogens (tertiary/aromatic N) is 1. The molecule has 2 rings (SSSR count). The highest BCUT2D eigenvalue weighted by Gasteiger charge is 2.20. The van der Waals surface area contributed by atoms with Crippen LogP contribution in [0, 0.1) is 0 Å². The van der Waals surface area contributed by atoms with Gasteiger partial charge in [-0.2, -0.15) is 0 Å². The fourth-order valence-electron chi connectivity index (χ4n) is 1.69. The lowest BCUT2D eigenvalue weighted by Crippen LogP contribution is -2.00. The Bertz CT molecular complexity index is 593. The number of aliphatic imine (C=N–C) groups is 1. The maximum Gasteiger partial charge on any atom is 0.363 e. The largest absolute Gasteiger partial charge is 0.493 e. The van der Waals surface area contributed by atoms with Gasteiger partial charge in [0.1, 0.15) is 0 Å². The number of benzene rings is 1. The molecule has 0 saturated carbocycles. The highest BCUT2D eigenvalue weighted by molar-refractivity contribution is 9.10. The van der Waals surface area contributed by atoms with Gasteiger partial charge in [-0.05, 0) is 39.7 Å². The zero-order valence-electron chi connectivity index (χ0n) is 10.7. The van der Waals surface area contributed by atoms with Crippen LogP contribution in [0.15, 0.2) is 27.3 Å². The lowest BCUT2D eigenvalue weighted by Gasteiger charge is -2.10. The Balaban J connectivity index is 2.45. The number of rotatable bonds is 3. The van der Waals surface area contributed by atoms with Crippen LogP contribution < -0.4 is 9.47 Å². The summed E-state index contributed by atoms with van der Waals surface area (Å²) in [6.45, 7) is 1.63. The Kier molecular flexibility index (Phi) is 3.90. The summed E-state index contributed by atoms with van der Waals surface area (Å²) in [6, 6.07) is 3.57. The molecule has 1 aromatic carbocycles. The lowest BCUT2D eigenvalue weighted by atomic mass is 10.1. The van der Waals surface area contributed by atoms with E-state index in [-0.39, 0.29) is 5.70 Å². The molecule has 0 amide bonds. The standard InChI is InChI=1S/C13H12BrNO4/c1-7-15-10(13(16)19-7)5-8-4-9(14)12(18-3)11(6-8)17-2/h4-6H,1-3H3/b10-5+. The lowest BCUT2D eigenvalue weighted by molar-refractivity contribution is -0.130. The van der Waals surface area contributed by atoms with E-state index in [9.17, 15) is 4.79 Å². The molecule has 0 aliphatic carbocycles. The van der Waals surface area contributed by atoms with Gasteiger partial charge in [0.25, 0.3) is 0 Å². The molecule has 0 fully saturated rings. The maximum absolute atomic E-state index is 11.5. The molecule has 100 valence electrons. The molecular weight excluding hydrogens is 314 g/mol. The first-order valence-corrected chi connectivity index (χ1v) is 6.25. The van der Waals surface area contributed by atoms with E-state index in [4.69, 9.17) is 14.2 Å². The second kappa shape index (κ2) is 5.44. The quantitative estimate of drug-likeness (QED) is 0.633.